The van der Waals surface area contributed by atoms with E-state index in [-0.39, 0.29) is 5.56 Å². The summed E-state index contributed by atoms with van der Waals surface area (Å²) in [6.07, 6.45) is 0. The third-order valence-corrected chi connectivity index (χ3v) is 1.60. The lowest BCUT2D eigenvalue weighted by Gasteiger charge is -1.97. The fraction of sp³-hybridized carbons (Fsp3) is 0.111. The maximum Gasteiger partial charge on any atom is 0.335 e. The van der Waals surface area contributed by atoms with E-state index >= 15 is 0 Å². The zero-order valence-corrected chi connectivity index (χ0v) is 6.73. The number of Topliss-reactive ketones (excluding diaryl/α,β-unsaturated/α-hetero) is 1. The van der Waals surface area contributed by atoms with Gasteiger partial charge in [0.15, 0.2) is 5.78 Å². The second-order valence-electron chi connectivity index (χ2n) is 2.46. The van der Waals surface area contributed by atoms with Gasteiger partial charge in [-0.1, -0.05) is 12.1 Å². The van der Waals surface area contributed by atoms with Crippen molar-refractivity contribution in [3.63, 3.8) is 0 Å². The van der Waals surface area contributed by atoms with Gasteiger partial charge < -0.3 is 10.2 Å². The van der Waals surface area contributed by atoms with Crippen molar-refractivity contribution in [2.24, 2.45) is 0 Å². The van der Waals surface area contributed by atoms with E-state index in [2.05, 4.69) is 0 Å². The normalized spacial score (nSPS) is 9.62. The van der Waals surface area contributed by atoms with Crippen LogP contribution in [0.15, 0.2) is 24.3 Å². The molecule has 0 spiro atoms. The molecule has 0 unspecified atom stereocenters. The van der Waals surface area contributed by atoms with Gasteiger partial charge in [0.2, 0.25) is 0 Å². The topological polar surface area (TPSA) is 74.6 Å². The van der Waals surface area contributed by atoms with Gasteiger partial charge in [0.1, 0.15) is 6.61 Å². The van der Waals surface area contributed by atoms with E-state index in [4.69, 9.17) is 10.2 Å². The molecule has 4 nitrogen and oxygen atoms in total. The Bertz CT molecular complexity index is 326. The predicted octanol–water partition coefficient (Wildman–Crippen LogP) is 0.560. The monoisotopic (exact) mass is 180 g/mol. The molecule has 0 saturated heterocycles. The van der Waals surface area contributed by atoms with E-state index in [0.717, 1.165) is 0 Å². The lowest BCUT2D eigenvalue weighted by molar-refractivity contribution is 0.0696. The van der Waals surface area contributed by atoms with Gasteiger partial charge in [0.05, 0.1) is 5.56 Å². The van der Waals surface area contributed by atoms with Crippen molar-refractivity contribution in [2.45, 2.75) is 0 Å². The summed E-state index contributed by atoms with van der Waals surface area (Å²) < 4.78 is 0. The molecule has 0 atom stereocenters. The number of rotatable bonds is 3. The second kappa shape index (κ2) is 3.82. The van der Waals surface area contributed by atoms with Crippen LogP contribution in [-0.2, 0) is 0 Å². The highest BCUT2D eigenvalue weighted by Crippen LogP contribution is 2.04. The molecule has 0 fully saturated rings. The van der Waals surface area contributed by atoms with Crippen LogP contribution in [0, 0.1) is 0 Å². The van der Waals surface area contributed by atoms with E-state index in [9.17, 15) is 9.59 Å². The second-order valence-corrected chi connectivity index (χ2v) is 2.46. The van der Waals surface area contributed by atoms with E-state index < -0.39 is 18.4 Å². The molecule has 0 aliphatic rings. The Morgan fingerprint density at radius 2 is 1.54 bits per heavy atom. The number of benzene rings is 1. The molecule has 0 heterocycles. The number of hydrogen-bond acceptors (Lipinski definition) is 3. The molecule has 1 aromatic rings. The third kappa shape index (κ3) is 2.13. The summed E-state index contributed by atoms with van der Waals surface area (Å²) in [5, 5.41) is 17.0. The summed E-state index contributed by atoms with van der Waals surface area (Å²) in [6, 6.07) is 5.40. The van der Waals surface area contributed by atoms with Gasteiger partial charge in [-0.3, -0.25) is 4.79 Å². The largest absolute Gasteiger partial charge is 0.478 e. The van der Waals surface area contributed by atoms with Gasteiger partial charge in [-0.2, -0.15) is 0 Å². The molecule has 2 N–H and O–H groups in total. The first-order valence-electron chi connectivity index (χ1n) is 3.62. The minimum Gasteiger partial charge on any atom is -0.478 e. The number of carboxylic acids is 1. The Balaban J connectivity index is 2.93. The first-order valence-corrected chi connectivity index (χ1v) is 3.62. The highest BCUT2D eigenvalue weighted by Gasteiger charge is 2.05. The van der Waals surface area contributed by atoms with Gasteiger partial charge in [0.25, 0.3) is 0 Å². The number of hydrogen-bond donors (Lipinski definition) is 2. The molecule has 0 amide bonds. The van der Waals surface area contributed by atoms with Crippen molar-refractivity contribution in [1.29, 1.82) is 0 Å². The molecule has 0 aliphatic heterocycles. The van der Waals surface area contributed by atoms with Crippen molar-refractivity contribution in [1.82, 2.24) is 0 Å². The van der Waals surface area contributed by atoms with Crippen LogP contribution in [0.1, 0.15) is 20.7 Å². The maximum atomic E-state index is 10.9. The Morgan fingerprint density at radius 3 is 1.92 bits per heavy atom. The molecule has 1 rings (SSSR count). The van der Waals surface area contributed by atoms with Crippen LogP contribution < -0.4 is 0 Å². The average molecular weight is 180 g/mol. The zero-order valence-electron chi connectivity index (χ0n) is 6.73. The number of aliphatic hydroxyl groups excluding tert-OH is 1. The van der Waals surface area contributed by atoms with Gasteiger partial charge >= 0.3 is 5.97 Å². The molecule has 0 radical (unpaired) electrons. The van der Waals surface area contributed by atoms with Gasteiger partial charge in [-0.25, -0.2) is 4.79 Å². The Labute approximate surface area is 74.4 Å². The summed E-state index contributed by atoms with van der Waals surface area (Å²) in [4.78, 5) is 21.3. The van der Waals surface area contributed by atoms with Crippen molar-refractivity contribution in [2.75, 3.05) is 6.61 Å². The number of ketones is 1. The number of carbonyl (C=O) groups excluding carboxylic acids is 1. The SMILES string of the molecule is O=C(O)c1ccc(C(=O)CO)cc1. The van der Waals surface area contributed by atoms with Crippen LogP contribution in [0.4, 0.5) is 0 Å². The summed E-state index contributed by atoms with van der Waals surface area (Å²) >= 11 is 0. The highest BCUT2D eigenvalue weighted by atomic mass is 16.4. The van der Waals surface area contributed by atoms with E-state index in [1.54, 1.807) is 0 Å². The Kier molecular flexibility index (Phi) is 2.76. The molecule has 1 aromatic carbocycles. The zero-order chi connectivity index (χ0) is 9.84. The molecule has 13 heavy (non-hydrogen) atoms. The molecule has 0 bridgehead atoms. The Hall–Kier alpha value is -1.68. The molecule has 0 saturated carbocycles. The number of carboxylic acid groups (broad SMARTS) is 1. The minimum absolute atomic E-state index is 0.120. The quantitative estimate of drug-likeness (QED) is 0.666. The van der Waals surface area contributed by atoms with Crippen molar-refractivity contribution in [3.8, 4) is 0 Å². The first-order chi connectivity index (χ1) is 6.15. The third-order valence-electron chi connectivity index (χ3n) is 1.60. The van der Waals surface area contributed by atoms with Gasteiger partial charge in [-0.05, 0) is 12.1 Å². The molecule has 4 heteroatoms. The van der Waals surface area contributed by atoms with Gasteiger partial charge in [0, 0.05) is 5.56 Å². The standard InChI is InChI=1S/C9H8O4/c10-5-8(11)6-1-3-7(4-2-6)9(12)13/h1-4,10H,5H2,(H,12,13). The van der Waals surface area contributed by atoms with Crippen LogP contribution >= 0.6 is 0 Å². The Morgan fingerprint density at radius 1 is 1.08 bits per heavy atom. The van der Waals surface area contributed by atoms with E-state index in [1.165, 1.54) is 24.3 Å². The van der Waals surface area contributed by atoms with Crippen LogP contribution in [0.25, 0.3) is 0 Å². The van der Waals surface area contributed by atoms with Crippen LogP contribution in [0.5, 0.6) is 0 Å². The highest BCUT2D eigenvalue weighted by molar-refractivity contribution is 5.98. The molecule has 0 aliphatic carbocycles. The van der Waals surface area contributed by atoms with E-state index in [1.807, 2.05) is 0 Å². The van der Waals surface area contributed by atoms with Gasteiger partial charge in [-0.15, -0.1) is 0 Å². The number of carbonyl (C=O) groups is 2. The average Bonchev–Trinajstić information content (AvgIpc) is 2.17. The van der Waals surface area contributed by atoms with Crippen LogP contribution in [0.2, 0.25) is 0 Å². The van der Waals surface area contributed by atoms with Crippen molar-refractivity contribution >= 4 is 11.8 Å². The summed E-state index contributed by atoms with van der Waals surface area (Å²) in [7, 11) is 0. The molecular formula is C9H8O4. The predicted molar refractivity (Wildman–Crippen MR) is 44.8 cm³/mol. The summed E-state index contributed by atoms with van der Waals surface area (Å²) in [5.41, 5.74) is 0.432. The van der Waals surface area contributed by atoms with Crippen molar-refractivity contribution in [3.05, 3.63) is 35.4 Å². The number of aliphatic hydroxyl groups is 1. The molecule has 68 valence electrons. The smallest absolute Gasteiger partial charge is 0.335 e. The van der Waals surface area contributed by atoms with E-state index in [0.29, 0.717) is 5.56 Å². The first kappa shape index (κ1) is 9.41. The fourth-order valence-corrected chi connectivity index (χ4v) is 0.890. The van der Waals surface area contributed by atoms with Crippen LogP contribution in [0.3, 0.4) is 0 Å². The van der Waals surface area contributed by atoms with Crippen molar-refractivity contribution < 1.29 is 19.8 Å². The summed E-state index contributed by atoms with van der Waals surface area (Å²) in [6.45, 7) is -0.563. The fourth-order valence-electron chi connectivity index (χ4n) is 0.890. The molecular weight excluding hydrogens is 172 g/mol. The van der Waals surface area contributed by atoms with Crippen LogP contribution in [-0.4, -0.2) is 28.6 Å². The minimum atomic E-state index is -1.04. The lowest BCUT2D eigenvalue weighted by atomic mass is 10.1. The molecule has 0 aromatic heterocycles. The lowest BCUT2D eigenvalue weighted by Crippen LogP contribution is -2.05. The maximum absolute atomic E-state index is 10.9. The summed E-state index contributed by atoms with van der Waals surface area (Å²) in [5.74, 6) is -1.46. The number of aromatic carboxylic acids is 1.